The van der Waals surface area contributed by atoms with Gasteiger partial charge in [-0.1, -0.05) is 0 Å². The SMILES string of the molecule is COC(=O)[C@H](c1ccncc1)N1CCN(C(=O)OC(C)(C)C)CC1. The Labute approximate surface area is 142 Å². The molecular formula is C17H25N3O4. The lowest BCUT2D eigenvalue weighted by atomic mass is 10.1. The topological polar surface area (TPSA) is 72.0 Å². The molecule has 0 radical (unpaired) electrons. The van der Waals surface area contributed by atoms with Gasteiger partial charge in [-0.05, 0) is 38.5 Å². The quantitative estimate of drug-likeness (QED) is 0.785. The van der Waals surface area contributed by atoms with E-state index in [4.69, 9.17) is 9.47 Å². The Kier molecular flexibility index (Phi) is 5.77. The van der Waals surface area contributed by atoms with E-state index in [0.717, 1.165) is 5.56 Å². The van der Waals surface area contributed by atoms with Crippen molar-refractivity contribution < 1.29 is 19.1 Å². The molecule has 0 aliphatic carbocycles. The van der Waals surface area contributed by atoms with E-state index < -0.39 is 11.6 Å². The number of pyridine rings is 1. The van der Waals surface area contributed by atoms with Gasteiger partial charge in [0.2, 0.25) is 0 Å². The number of piperazine rings is 1. The van der Waals surface area contributed by atoms with Gasteiger partial charge in [-0.3, -0.25) is 9.88 Å². The van der Waals surface area contributed by atoms with Gasteiger partial charge in [-0.25, -0.2) is 9.59 Å². The van der Waals surface area contributed by atoms with Gasteiger partial charge in [-0.2, -0.15) is 0 Å². The van der Waals surface area contributed by atoms with Crippen molar-refractivity contribution in [2.24, 2.45) is 0 Å². The molecule has 2 heterocycles. The van der Waals surface area contributed by atoms with Crippen LogP contribution in [0.2, 0.25) is 0 Å². The van der Waals surface area contributed by atoms with Gasteiger partial charge in [0.25, 0.3) is 0 Å². The molecule has 1 aliphatic heterocycles. The Morgan fingerprint density at radius 2 is 1.71 bits per heavy atom. The van der Waals surface area contributed by atoms with Crippen molar-refractivity contribution in [1.29, 1.82) is 0 Å². The first-order valence-corrected chi connectivity index (χ1v) is 8.01. The highest BCUT2D eigenvalue weighted by molar-refractivity contribution is 5.77. The van der Waals surface area contributed by atoms with Gasteiger partial charge in [0.05, 0.1) is 7.11 Å². The number of amides is 1. The van der Waals surface area contributed by atoms with E-state index in [1.807, 2.05) is 37.8 Å². The third kappa shape index (κ3) is 4.67. The second-order valence-corrected chi connectivity index (χ2v) is 6.71. The molecule has 1 saturated heterocycles. The number of ether oxygens (including phenoxy) is 2. The summed E-state index contributed by atoms with van der Waals surface area (Å²) in [6.45, 7) is 7.69. The van der Waals surface area contributed by atoms with E-state index in [2.05, 4.69) is 4.98 Å². The van der Waals surface area contributed by atoms with Gasteiger partial charge in [-0.15, -0.1) is 0 Å². The lowest BCUT2D eigenvalue weighted by molar-refractivity contribution is -0.148. The maximum Gasteiger partial charge on any atom is 0.410 e. The van der Waals surface area contributed by atoms with Crippen LogP contribution in [0.5, 0.6) is 0 Å². The molecule has 7 heteroatoms. The average molecular weight is 335 g/mol. The first-order chi connectivity index (χ1) is 11.3. The van der Waals surface area contributed by atoms with Gasteiger partial charge in [0, 0.05) is 38.6 Å². The molecule has 1 aromatic rings. The molecule has 0 unspecified atom stereocenters. The van der Waals surface area contributed by atoms with E-state index in [1.54, 1.807) is 17.3 Å². The van der Waals surface area contributed by atoms with Crippen LogP contribution in [0.1, 0.15) is 32.4 Å². The van der Waals surface area contributed by atoms with Crippen LogP contribution in [0.3, 0.4) is 0 Å². The summed E-state index contributed by atoms with van der Waals surface area (Å²) in [6.07, 6.45) is 2.99. The Morgan fingerprint density at radius 1 is 1.12 bits per heavy atom. The number of methoxy groups -OCH3 is 1. The molecule has 0 N–H and O–H groups in total. The molecule has 132 valence electrons. The summed E-state index contributed by atoms with van der Waals surface area (Å²) < 4.78 is 10.3. The van der Waals surface area contributed by atoms with Crippen molar-refractivity contribution in [2.75, 3.05) is 33.3 Å². The highest BCUT2D eigenvalue weighted by Gasteiger charge is 2.33. The Balaban J connectivity index is 2.03. The molecule has 1 aromatic heterocycles. The minimum absolute atomic E-state index is 0.313. The second-order valence-electron chi connectivity index (χ2n) is 6.71. The van der Waals surface area contributed by atoms with E-state index in [-0.39, 0.29) is 12.1 Å². The minimum Gasteiger partial charge on any atom is -0.468 e. The molecule has 1 aliphatic rings. The lowest BCUT2D eigenvalue weighted by Crippen LogP contribution is -2.52. The fraction of sp³-hybridized carbons (Fsp3) is 0.588. The summed E-state index contributed by atoms with van der Waals surface area (Å²) in [4.78, 5) is 32.0. The number of aromatic nitrogens is 1. The van der Waals surface area contributed by atoms with E-state index in [1.165, 1.54) is 7.11 Å². The zero-order valence-electron chi connectivity index (χ0n) is 14.7. The van der Waals surface area contributed by atoms with Crippen LogP contribution in [0.4, 0.5) is 4.79 Å². The van der Waals surface area contributed by atoms with Crippen LogP contribution in [-0.2, 0) is 14.3 Å². The molecular weight excluding hydrogens is 310 g/mol. The molecule has 0 bridgehead atoms. The van der Waals surface area contributed by atoms with Crippen molar-refractivity contribution >= 4 is 12.1 Å². The van der Waals surface area contributed by atoms with Crippen molar-refractivity contribution in [1.82, 2.24) is 14.8 Å². The summed E-state index contributed by atoms with van der Waals surface area (Å²) in [5, 5.41) is 0. The van der Waals surface area contributed by atoms with E-state index >= 15 is 0 Å². The average Bonchev–Trinajstić information content (AvgIpc) is 2.55. The number of hydrogen-bond donors (Lipinski definition) is 0. The van der Waals surface area contributed by atoms with Gasteiger partial charge in [0.15, 0.2) is 0 Å². The van der Waals surface area contributed by atoms with Crippen LogP contribution in [-0.4, -0.2) is 65.7 Å². The van der Waals surface area contributed by atoms with Crippen molar-refractivity contribution in [2.45, 2.75) is 32.4 Å². The fourth-order valence-corrected chi connectivity index (χ4v) is 2.64. The third-order valence-corrected chi connectivity index (χ3v) is 3.78. The van der Waals surface area contributed by atoms with Crippen LogP contribution in [0.15, 0.2) is 24.5 Å². The van der Waals surface area contributed by atoms with E-state index in [9.17, 15) is 9.59 Å². The number of esters is 1. The third-order valence-electron chi connectivity index (χ3n) is 3.78. The standard InChI is InChI=1S/C17H25N3O4/c1-17(2,3)24-16(22)20-11-9-19(10-12-20)14(15(21)23-4)13-5-7-18-8-6-13/h5-8,14H,9-12H2,1-4H3/t14-/m0/s1. The molecule has 1 fully saturated rings. The van der Waals surface area contributed by atoms with Crippen LogP contribution >= 0.6 is 0 Å². The van der Waals surface area contributed by atoms with Gasteiger partial charge < -0.3 is 14.4 Å². The summed E-state index contributed by atoms with van der Waals surface area (Å²) in [5.74, 6) is -0.313. The van der Waals surface area contributed by atoms with Crippen molar-refractivity contribution in [3.63, 3.8) is 0 Å². The molecule has 0 aromatic carbocycles. The molecule has 1 amide bonds. The number of nitrogens with zero attached hydrogens (tertiary/aromatic N) is 3. The Morgan fingerprint density at radius 3 is 2.21 bits per heavy atom. The van der Waals surface area contributed by atoms with Crippen LogP contribution < -0.4 is 0 Å². The first-order valence-electron chi connectivity index (χ1n) is 8.01. The van der Waals surface area contributed by atoms with E-state index in [0.29, 0.717) is 26.2 Å². The highest BCUT2D eigenvalue weighted by Crippen LogP contribution is 2.23. The number of carbonyl (C=O) groups excluding carboxylic acids is 2. The smallest absolute Gasteiger partial charge is 0.410 e. The molecule has 2 rings (SSSR count). The summed E-state index contributed by atoms with van der Waals surface area (Å²) in [6, 6.07) is 3.13. The van der Waals surface area contributed by atoms with Crippen LogP contribution in [0.25, 0.3) is 0 Å². The fourth-order valence-electron chi connectivity index (χ4n) is 2.64. The summed E-state index contributed by atoms with van der Waals surface area (Å²) >= 11 is 0. The van der Waals surface area contributed by atoms with Crippen molar-refractivity contribution in [3.8, 4) is 0 Å². The second kappa shape index (κ2) is 7.61. The minimum atomic E-state index is -0.514. The normalized spacial score (nSPS) is 17.2. The summed E-state index contributed by atoms with van der Waals surface area (Å²) in [5.41, 5.74) is 0.322. The monoisotopic (exact) mass is 335 g/mol. The first kappa shape index (κ1) is 18.2. The highest BCUT2D eigenvalue weighted by atomic mass is 16.6. The molecule has 0 spiro atoms. The molecule has 24 heavy (non-hydrogen) atoms. The molecule has 1 atom stereocenters. The Bertz CT molecular complexity index is 563. The number of hydrogen-bond acceptors (Lipinski definition) is 6. The maximum atomic E-state index is 12.2. The van der Waals surface area contributed by atoms with Crippen LogP contribution in [0, 0.1) is 0 Å². The zero-order chi connectivity index (χ0) is 17.7. The van der Waals surface area contributed by atoms with Gasteiger partial charge >= 0.3 is 12.1 Å². The summed E-state index contributed by atoms with van der Waals surface area (Å²) in [7, 11) is 1.38. The number of rotatable bonds is 3. The molecule has 0 saturated carbocycles. The number of carbonyl (C=O) groups is 2. The van der Waals surface area contributed by atoms with Gasteiger partial charge in [0.1, 0.15) is 11.6 Å². The molecule has 7 nitrogen and oxygen atoms in total. The largest absolute Gasteiger partial charge is 0.468 e. The lowest BCUT2D eigenvalue weighted by Gasteiger charge is -2.38. The predicted molar refractivity (Wildman–Crippen MR) is 88.4 cm³/mol. The Hall–Kier alpha value is -2.15. The zero-order valence-corrected chi connectivity index (χ0v) is 14.7. The predicted octanol–water partition coefficient (Wildman–Crippen LogP) is 1.85. The van der Waals surface area contributed by atoms with Crippen molar-refractivity contribution in [3.05, 3.63) is 30.1 Å². The maximum absolute atomic E-state index is 12.2.